The number of hydrogen-bond donors (Lipinski definition) is 2. The lowest BCUT2D eigenvalue weighted by molar-refractivity contribution is -0.143. The highest BCUT2D eigenvalue weighted by Crippen LogP contribution is 2.04. The van der Waals surface area contributed by atoms with Crippen LogP contribution in [0.15, 0.2) is 4.79 Å². The number of aromatic amines is 2. The lowest BCUT2D eigenvalue weighted by Crippen LogP contribution is -2.18. The first kappa shape index (κ1) is 16.6. The molecule has 0 fully saturated rings. The van der Waals surface area contributed by atoms with Gasteiger partial charge in [-0.15, -0.1) is 0 Å². The maximum absolute atomic E-state index is 11.7. The molecule has 1 heterocycles. The Balaban J connectivity index is 2.38. The quantitative estimate of drug-likeness (QED) is 0.439. The van der Waals surface area contributed by atoms with E-state index in [0.29, 0.717) is 29.1 Å². The zero-order chi connectivity index (χ0) is 15.0. The number of aryl methyl sites for hydroxylation is 1. The summed E-state index contributed by atoms with van der Waals surface area (Å²) in [5.74, 6) is -0.261. The van der Waals surface area contributed by atoms with Gasteiger partial charge in [0.1, 0.15) is 0 Å². The average Bonchev–Trinajstić information content (AvgIpc) is 2.37. The minimum Gasteiger partial charge on any atom is -0.466 e. The Kier molecular flexibility index (Phi) is 7.22. The molecule has 112 valence electrons. The van der Waals surface area contributed by atoms with Gasteiger partial charge >= 0.3 is 5.97 Å². The summed E-state index contributed by atoms with van der Waals surface area (Å²) in [6.45, 7) is 4.37. The summed E-state index contributed by atoms with van der Waals surface area (Å²) in [7, 11) is 0. The maximum atomic E-state index is 11.7. The Bertz CT molecular complexity index is 548. The minimum absolute atomic E-state index is 0.211. The molecule has 0 amide bonds. The van der Waals surface area contributed by atoms with Gasteiger partial charge in [-0.2, -0.15) is 0 Å². The van der Waals surface area contributed by atoms with Crippen molar-refractivity contribution in [2.45, 2.75) is 52.4 Å². The van der Waals surface area contributed by atoms with Crippen LogP contribution >= 0.6 is 12.2 Å². The van der Waals surface area contributed by atoms with Crippen LogP contribution in [0, 0.1) is 11.7 Å². The molecule has 5 nitrogen and oxygen atoms in total. The molecule has 6 heteroatoms. The van der Waals surface area contributed by atoms with Crippen molar-refractivity contribution in [3.8, 4) is 0 Å². The summed E-state index contributed by atoms with van der Waals surface area (Å²) in [6.07, 6.45) is 4.87. The number of H-pyrrole nitrogens is 2. The van der Waals surface area contributed by atoms with Gasteiger partial charge < -0.3 is 9.72 Å². The topological polar surface area (TPSA) is 75.0 Å². The largest absolute Gasteiger partial charge is 0.466 e. The molecule has 1 rings (SSSR count). The third kappa shape index (κ3) is 5.69. The molecule has 0 aliphatic carbocycles. The summed E-state index contributed by atoms with van der Waals surface area (Å²) in [6, 6.07) is 0. The van der Waals surface area contributed by atoms with Gasteiger partial charge in [0, 0.05) is 17.7 Å². The molecule has 0 radical (unpaired) electrons. The van der Waals surface area contributed by atoms with E-state index in [1.54, 1.807) is 6.92 Å². The Morgan fingerprint density at radius 3 is 2.65 bits per heavy atom. The normalized spacial score (nSPS) is 10.5. The average molecular weight is 298 g/mol. The highest BCUT2D eigenvalue weighted by Gasteiger charge is 2.09. The number of carbonyl (C=O) groups excluding carboxylic acids is 1. The third-order valence-electron chi connectivity index (χ3n) is 3.09. The van der Waals surface area contributed by atoms with E-state index in [1.165, 1.54) is 0 Å². The molecule has 0 aromatic carbocycles. The van der Waals surface area contributed by atoms with Crippen LogP contribution in [-0.4, -0.2) is 22.5 Å². The van der Waals surface area contributed by atoms with Gasteiger partial charge in [0.2, 0.25) is 0 Å². The monoisotopic (exact) mass is 298 g/mol. The van der Waals surface area contributed by atoms with E-state index in [0.717, 1.165) is 25.7 Å². The van der Waals surface area contributed by atoms with Gasteiger partial charge in [-0.3, -0.25) is 14.6 Å². The first-order valence-electron chi connectivity index (χ1n) is 7.02. The molecule has 20 heavy (non-hydrogen) atoms. The fourth-order valence-electron chi connectivity index (χ4n) is 1.94. The zero-order valence-electron chi connectivity index (χ0n) is 12.1. The molecule has 0 bridgehead atoms. The van der Waals surface area contributed by atoms with E-state index in [4.69, 9.17) is 17.0 Å². The van der Waals surface area contributed by atoms with E-state index in [9.17, 15) is 9.59 Å². The number of rotatable bonds is 8. The number of esters is 1. The van der Waals surface area contributed by atoms with Crippen molar-refractivity contribution < 1.29 is 9.53 Å². The maximum Gasteiger partial charge on any atom is 0.306 e. The van der Waals surface area contributed by atoms with Crippen LogP contribution < -0.4 is 5.56 Å². The van der Waals surface area contributed by atoms with Crippen LogP contribution in [0.25, 0.3) is 0 Å². The molecule has 0 saturated carbocycles. The van der Waals surface area contributed by atoms with Crippen molar-refractivity contribution in [1.82, 2.24) is 9.97 Å². The third-order valence-corrected chi connectivity index (χ3v) is 3.30. The number of nitrogens with one attached hydrogen (secondary N) is 2. The van der Waals surface area contributed by atoms with Crippen LogP contribution in [0.4, 0.5) is 0 Å². The lowest BCUT2D eigenvalue weighted by atomic mass is 10.1. The standard InChI is InChI=1S/C14H22N2O3S/c1-3-4-5-6-9-19-12(17)8-7-11-10(2)15-14(20)16-13(11)18/h3-9H2,1-2H3,(H2,15,16,18,20). The summed E-state index contributed by atoms with van der Waals surface area (Å²) in [5.41, 5.74) is 1.03. The minimum atomic E-state index is -0.261. The molecular formula is C14H22N2O3S. The number of ether oxygens (including phenoxy) is 1. The van der Waals surface area contributed by atoms with Crippen LogP contribution in [0.1, 0.15) is 50.3 Å². The van der Waals surface area contributed by atoms with Gasteiger partial charge in [0.05, 0.1) is 6.61 Å². The van der Waals surface area contributed by atoms with Crippen molar-refractivity contribution >= 4 is 18.2 Å². The second-order valence-corrected chi connectivity index (χ2v) is 5.20. The van der Waals surface area contributed by atoms with Crippen molar-refractivity contribution in [3.63, 3.8) is 0 Å². The van der Waals surface area contributed by atoms with Crippen molar-refractivity contribution in [2.75, 3.05) is 6.61 Å². The van der Waals surface area contributed by atoms with Crippen LogP contribution in [0.2, 0.25) is 0 Å². The molecule has 1 aromatic rings. The van der Waals surface area contributed by atoms with E-state index >= 15 is 0 Å². The Morgan fingerprint density at radius 1 is 1.25 bits per heavy atom. The van der Waals surface area contributed by atoms with Crippen molar-refractivity contribution in [3.05, 3.63) is 26.4 Å². The Labute approximate surface area is 123 Å². The Morgan fingerprint density at radius 2 is 2.00 bits per heavy atom. The first-order chi connectivity index (χ1) is 9.54. The molecular weight excluding hydrogens is 276 g/mol. The summed E-state index contributed by atoms with van der Waals surface area (Å²) < 4.78 is 5.43. The second kappa shape index (κ2) is 8.68. The lowest BCUT2D eigenvalue weighted by Gasteiger charge is -2.06. The molecule has 0 aliphatic rings. The van der Waals surface area contributed by atoms with Crippen LogP contribution in [-0.2, 0) is 16.0 Å². The fraction of sp³-hybridized carbons (Fsp3) is 0.643. The molecule has 1 aromatic heterocycles. The Hall–Kier alpha value is -1.43. The van der Waals surface area contributed by atoms with Crippen LogP contribution in [0.5, 0.6) is 0 Å². The van der Waals surface area contributed by atoms with E-state index in [2.05, 4.69) is 16.9 Å². The molecule has 2 N–H and O–H groups in total. The fourth-order valence-corrected chi connectivity index (χ4v) is 2.19. The smallest absolute Gasteiger partial charge is 0.306 e. The number of carbonyl (C=O) groups is 1. The van der Waals surface area contributed by atoms with Gasteiger partial charge in [0.25, 0.3) is 5.56 Å². The van der Waals surface area contributed by atoms with Gasteiger partial charge in [-0.05, 0) is 32.0 Å². The summed E-state index contributed by atoms with van der Waals surface area (Å²) >= 11 is 4.87. The van der Waals surface area contributed by atoms with Gasteiger partial charge in [0.15, 0.2) is 4.77 Å². The van der Waals surface area contributed by atoms with Crippen molar-refractivity contribution in [2.24, 2.45) is 0 Å². The van der Waals surface area contributed by atoms with E-state index < -0.39 is 0 Å². The second-order valence-electron chi connectivity index (χ2n) is 4.79. The molecule has 0 saturated heterocycles. The van der Waals surface area contributed by atoms with Crippen LogP contribution in [0.3, 0.4) is 0 Å². The predicted octanol–water partition coefficient (Wildman–Crippen LogP) is 2.80. The van der Waals surface area contributed by atoms with Gasteiger partial charge in [-0.25, -0.2) is 0 Å². The van der Waals surface area contributed by atoms with E-state index in [1.807, 2.05) is 0 Å². The molecule has 0 unspecified atom stereocenters. The molecule has 0 spiro atoms. The SMILES string of the molecule is CCCCCCOC(=O)CCc1c(C)[nH]c(=S)[nH]c1=O. The summed E-state index contributed by atoms with van der Waals surface area (Å²) in [5, 5.41) is 0. The van der Waals surface area contributed by atoms with Gasteiger partial charge in [-0.1, -0.05) is 26.2 Å². The highest BCUT2D eigenvalue weighted by atomic mass is 32.1. The summed E-state index contributed by atoms with van der Waals surface area (Å²) in [4.78, 5) is 28.7. The zero-order valence-corrected chi connectivity index (χ0v) is 12.9. The molecule has 0 aliphatic heterocycles. The molecule has 0 atom stereocenters. The number of unbranched alkanes of at least 4 members (excludes halogenated alkanes) is 3. The predicted molar refractivity (Wildman–Crippen MR) is 80.4 cm³/mol. The number of aromatic nitrogens is 2. The number of hydrogen-bond acceptors (Lipinski definition) is 4. The first-order valence-corrected chi connectivity index (χ1v) is 7.43. The van der Waals surface area contributed by atoms with E-state index in [-0.39, 0.29) is 17.9 Å². The van der Waals surface area contributed by atoms with Crippen molar-refractivity contribution in [1.29, 1.82) is 0 Å². The highest BCUT2D eigenvalue weighted by molar-refractivity contribution is 7.71.